The molecule has 12 heteroatoms. The van der Waals surface area contributed by atoms with Crippen LogP contribution in [0.15, 0.2) is 35.3 Å². The summed E-state index contributed by atoms with van der Waals surface area (Å²) in [5.74, 6) is -0.00117. The van der Waals surface area contributed by atoms with E-state index < -0.39 is 15.1 Å². The van der Waals surface area contributed by atoms with Crippen molar-refractivity contribution >= 4 is 44.4 Å². The Kier molecular flexibility index (Phi) is 7.78. The minimum Gasteiger partial charge on any atom is -0.381 e. The van der Waals surface area contributed by atoms with Gasteiger partial charge < -0.3 is 19.7 Å². The Balaban J connectivity index is 1.24. The first-order valence-corrected chi connectivity index (χ1v) is 14.7. The van der Waals surface area contributed by atoms with E-state index in [2.05, 4.69) is 27.4 Å². The van der Waals surface area contributed by atoms with Crippen LogP contribution in [0.1, 0.15) is 31.7 Å². The summed E-state index contributed by atoms with van der Waals surface area (Å²) < 4.78 is 36.7. The number of halogens is 2. The third kappa shape index (κ3) is 5.38. The predicted molar refractivity (Wildman–Crippen MR) is 140 cm³/mol. The second kappa shape index (κ2) is 10.9. The average molecular weight is 558 g/mol. The fourth-order valence-corrected chi connectivity index (χ4v) is 6.85. The SMILES string of the molecule is O=c1c(Cl)c(NC[C@H]2COCCS2(=O)=O)cnn1[C@H]1CC[C@H](N(c2ccc(Cl)cc2)C2COC2)CC1. The summed E-state index contributed by atoms with van der Waals surface area (Å²) in [6.07, 6.45) is 4.94. The number of hydrogen-bond donors (Lipinski definition) is 1. The van der Waals surface area contributed by atoms with E-state index in [9.17, 15) is 13.2 Å². The van der Waals surface area contributed by atoms with E-state index >= 15 is 0 Å². The summed E-state index contributed by atoms with van der Waals surface area (Å²) in [5, 5.41) is 7.43. The van der Waals surface area contributed by atoms with E-state index in [-0.39, 0.29) is 42.1 Å². The van der Waals surface area contributed by atoms with Gasteiger partial charge in [0, 0.05) is 23.3 Å². The number of anilines is 2. The van der Waals surface area contributed by atoms with E-state index in [4.69, 9.17) is 32.7 Å². The number of rotatable bonds is 7. The third-order valence-corrected chi connectivity index (χ3v) is 10.0. The van der Waals surface area contributed by atoms with Crippen molar-refractivity contribution in [1.29, 1.82) is 0 Å². The zero-order valence-electron chi connectivity index (χ0n) is 19.8. The van der Waals surface area contributed by atoms with Gasteiger partial charge in [0.15, 0.2) is 9.84 Å². The zero-order valence-corrected chi connectivity index (χ0v) is 22.1. The Bertz CT molecular complexity index is 1230. The Labute approximate surface area is 220 Å². The summed E-state index contributed by atoms with van der Waals surface area (Å²) in [6.45, 7) is 1.87. The van der Waals surface area contributed by atoms with Gasteiger partial charge in [-0.2, -0.15) is 5.10 Å². The lowest BCUT2D eigenvalue weighted by Crippen LogP contribution is -2.54. The van der Waals surface area contributed by atoms with Gasteiger partial charge in [0.2, 0.25) is 0 Å². The molecule has 0 spiro atoms. The Morgan fingerprint density at radius 3 is 2.39 bits per heavy atom. The molecule has 36 heavy (non-hydrogen) atoms. The molecule has 3 heterocycles. The first kappa shape index (κ1) is 25.8. The lowest BCUT2D eigenvalue weighted by molar-refractivity contribution is 0.00283. The van der Waals surface area contributed by atoms with Gasteiger partial charge in [-0.25, -0.2) is 13.1 Å². The molecule has 0 amide bonds. The van der Waals surface area contributed by atoms with Crippen molar-refractivity contribution in [1.82, 2.24) is 9.78 Å². The second-order valence-electron chi connectivity index (χ2n) is 9.60. The van der Waals surface area contributed by atoms with Gasteiger partial charge >= 0.3 is 0 Å². The Morgan fingerprint density at radius 2 is 1.75 bits per heavy atom. The molecule has 1 aliphatic carbocycles. The van der Waals surface area contributed by atoms with Crippen LogP contribution in [-0.2, 0) is 19.3 Å². The maximum absolute atomic E-state index is 13.0. The molecule has 1 saturated carbocycles. The summed E-state index contributed by atoms with van der Waals surface area (Å²) in [5.41, 5.74) is 1.11. The molecule has 0 unspecified atom stereocenters. The maximum atomic E-state index is 13.0. The van der Waals surface area contributed by atoms with E-state index in [1.54, 1.807) is 0 Å². The second-order valence-corrected chi connectivity index (χ2v) is 12.8. The van der Waals surface area contributed by atoms with E-state index in [1.165, 1.54) is 10.9 Å². The molecular formula is C24H30Cl2N4O5S. The van der Waals surface area contributed by atoms with Crippen LogP contribution in [0, 0.1) is 0 Å². The van der Waals surface area contributed by atoms with Gasteiger partial charge in [-0.3, -0.25) is 4.79 Å². The monoisotopic (exact) mass is 556 g/mol. The van der Waals surface area contributed by atoms with Crippen molar-refractivity contribution in [2.75, 3.05) is 48.9 Å². The topological polar surface area (TPSA) is 103 Å². The predicted octanol–water partition coefficient (Wildman–Crippen LogP) is 3.16. The highest BCUT2D eigenvalue weighted by Crippen LogP contribution is 2.35. The number of benzene rings is 1. The first-order valence-electron chi connectivity index (χ1n) is 12.3. The number of hydrogen-bond acceptors (Lipinski definition) is 8. The maximum Gasteiger partial charge on any atom is 0.287 e. The van der Waals surface area contributed by atoms with Crippen LogP contribution in [-0.4, -0.2) is 74.3 Å². The Hall–Kier alpha value is -1.85. The van der Waals surface area contributed by atoms with E-state index in [1.807, 2.05) is 12.1 Å². The van der Waals surface area contributed by atoms with Crippen molar-refractivity contribution in [2.45, 2.75) is 49.1 Å². The molecule has 3 aliphatic rings. The Morgan fingerprint density at radius 1 is 1.03 bits per heavy atom. The molecule has 3 fully saturated rings. The fraction of sp³-hybridized carbons (Fsp3) is 0.583. The van der Waals surface area contributed by atoms with Gasteiger partial charge in [0.1, 0.15) is 10.3 Å². The lowest BCUT2D eigenvalue weighted by Gasteiger charge is -2.46. The molecule has 9 nitrogen and oxygen atoms in total. The summed E-state index contributed by atoms with van der Waals surface area (Å²) >= 11 is 12.5. The molecule has 1 N–H and O–H groups in total. The molecule has 1 aromatic carbocycles. The van der Waals surface area contributed by atoms with Crippen LogP contribution in [0.2, 0.25) is 10.0 Å². The van der Waals surface area contributed by atoms with Gasteiger partial charge in [-0.05, 0) is 49.9 Å². The molecule has 2 aromatic rings. The van der Waals surface area contributed by atoms with E-state index in [0.717, 1.165) is 31.4 Å². The molecule has 0 bridgehead atoms. The average Bonchev–Trinajstić information content (AvgIpc) is 2.84. The molecule has 2 aliphatic heterocycles. The normalized spacial score (nSPS) is 26.2. The number of nitrogens with one attached hydrogen (secondary N) is 1. The molecule has 2 saturated heterocycles. The summed E-state index contributed by atoms with van der Waals surface area (Å²) in [4.78, 5) is 15.5. The highest BCUT2D eigenvalue weighted by atomic mass is 35.5. The third-order valence-electron chi connectivity index (χ3n) is 7.33. The minimum atomic E-state index is -3.23. The van der Waals surface area contributed by atoms with Crippen LogP contribution < -0.4 is 15.8 Å². The van der Waals surface area contributed by atoms with Crippen molar-refractivity contribution in [3.8, 4) is 0 Å². The highest BCUT2D eigenvalue weighted by molar-refractivity contribution is 7.92. The van der Waals surface area contributed by atoms with Crippen LogP contribution in [0.3, 0.4) is 0 Å². The molecule has 196 valence electrons. The standard InChI is InChI=1S/C24H30Cl2N4O5S/c25-16-1-3-17(4-2-16)29(20-13-35-14-20)18-5-7-19(8-6-18)30-24(31)23(26)22(12-28-30)27-11-21-15-34-9-10-36(21,32)33/h1-4,12,18-21,27H,5-11,13-15H2/t18-,19-,21-/m0/s1. The quantitative estimate of drug-likeness (QED) is 0.554. The van der Waals surface area contributed by atoms with Crippen LogP contribution in [0.5, 0.6) is 0 Å². The van der Waals surface area contributed by atoms with Crippen molar-refractivity contribution < 1.29 is 17.9 Å². The fourth-order valence-electron chi connectivity index (χ4n) is 5.20. The van der Waals surface area contributed by atoms with Crippen LogP contribution in [0.25, 0.3) is 0 Å². The number of aromatic nitrogens is 2. The van der Waals surface area contributed by atoms with E-state index in [0.29, 0.717) is 36.0 Å². The highest BCUT2D eigenvalue weighted by Gasteiger charge is 2.35. The summed E-state index contributed by atoms with van der Waals surface area (Å²) in [7, 11) is -3.23. The number of nitrogens with zero attached hydrogens (tertiary/aromatic N) is 3. The first-order chi connectivity index (χ1) is 17.3. The zero-order chi connectivity index (χ0) is 25.3. The van der Waals surface area contributed by atoms with Gasteiger partial charge in [-0.1, -0.05) is 23.2 Å². The lowest BCUT2D eigenvalue weighted by atomic mass is 9.88. The largest absolute Gasteiger partial charge is 0.381 e. The molecule has 5 rings (SSSR count). The van der Waals surface area contributed by atoms with Gasteiger partial charge in [0.05, 0.1) is 56.1 Å². The smallest absolute Gasteiger partial charge is 0.287 e. The minimum absolute atomic E-state index is 0.00117. The molecule has 0 radical (unpaired) electrons. The summed E-state index contributed by atoms with van der Waals surface area (Å²) in [6, 6.07) is 8.55. The van der Waals surface area contributed by atoms with Crippen molar-refractivity contribution in [2.24, 2.45) is 0 Å². The van der Waals surface area contributed by atoms with Gasteiger partial charge in [-0.15, -0.1) is 0 Å². The molecule has 1 atom stereocenters. The number of sulfone groups is 1. The van der Waals surface area contributed by atoms with Crippen molar-refractivity contribution in [3.05, 3.63) is 50.9 Å². The van der Waals surface area contributed by atoms with Crippen LogP contribution >= 0.6 is 23.2 Å². The van der Waals surface area contributed by atoms with Gasteiger partial charge in [0.25, 0.3) is 5.56 Å². The van der Waals surface area contributed by atoms with Crippen LogP contribution in [0.4, 0.5) is 11.4 Å². The molecular weight excluding hydrogens is 527 g/mol. The molecule has 1 aromatic heterocycles. The van der Waals surface area contributed by atoms with Crippen molar-refractivity contribution in [3.63, 3.8) is 0 Å². The number of ether oxygens (including phenoxy) is 2.